The van der Waals surface area contributed by atoms with Crippen LogP contribution in [-0.4, -0.2) is 15.5 Å². The number of aryl methyl sites for hydroxylation is 1. The maximum absolute atomic E-state index is 13.1. The molecule has 0 spiro atoms. The van der Waals surface area contributed by atoms with Crippen molar-refractivity contribution in [3.8, 4) is 0 Å². The van der Waals surface area contributed by atoms with E-state index in [1.165, 1.54) is 0 Å². The standard InChI is InChI=1S/C12H19F2N3/c1-2-17-8-7-16-11(17)10(15)9-3-5-12(13,14)6-4-9/h7-10H,2-6,15H2,1H3. The van der Waals surface area contributed by atoms with Crippen molar-refractivity contribution in [2.24, 2.45) is 11.7 Å². The van der Waals surface area contributed by atoms with Crippen LogP contribution in [0.5, 0.6) is 0 Å². The minimum Gasteiger partial charge on any atom is -0.334 e. The first kappa shape index (κ1) is 12.5. The maximum Gasteiger partial charge on any atom is 0.248 e. The van der Waals surface area contributed by atoms with Crippen LogP contribution in [0, 0.1) is 5.92 Å². The van der Waals surface area contributed by atoms with Crippen molar-refractivity contribution in [1.82, 2.24) is 9.55 Å². The molecule has 1 atom stereocenters. The van der Waals surface area contributed by atoms with E-state index in [1.807, 2.05) is 17.7 Å². The van der Waals surface area contributed by atoms with Gasteiger partial charge in [-0.3, -0.25) is 0 Å². The smallest absolute Gasteiger partial charge is 0.248 e. The minimum atomic E-state index is -2.49. The molecule has 1 saturated carbocycles. The highest BCUT2D eigenvalue weighted by atomic mass is 19.3. The van der Waals surface area contributed by atoms with Gasteiger partial charge in [0.15, 0.2) is 0 Å². The number of rotatable bonds is 3. The Kier molecular flexibility index (Phi) is 3.47. The van der Waals surface area contributed by atoms with Crippen LogP contribution in [0.15, 0.2) is 12.4 Å². The molecule has 0 saturated heterocycles. The molecule has 1 heterocycles. The predicted molar refractivity (Wildman–Crippen MR) is 61.7 cm³/mol. The Morgan fingerprint density at radius 2 is 2.18 bits per heavy atom. The maximum atomic E-state index is 13.1. The lowest BCUT2D eigenvalue weighted by molar-refractivity contribution is -0.0487. The molecule has 1 aliphatic rings. The average Bonchev–Trinajstić information content (AvgIpc) is 2.76. The van der Waals surface area contributed by atoms with Gasteiger partial charge in [0.1, 0.15) is 5.82 Å². The Hall–Kier alpha value is -0.970. The van der Waals surface area contributed by atoms with Crippen molar-refractivity contribution in [2.75, 3.05) is 0 Å². The van der Waals surface area contributed by atoms with Crippen LogP contribution < -0.4 is 5.73 Å². The van der Waals surface area contributed by atoms with E-state index in [0.717, 1.165) is 12.4 Å². The van der Waals surface area contributed by atoms with Crippen molar-refractivity contribution >= 4 is 0 Å². The van der Waals surface area contributed by atoms with Gasteiger partial charge in [0, 0.05) is 31.8 Å². The Balaban J connectivity index is 2.04. The molecule has 0 radical (unpaired) electrons. The molecule has 1 aromatic rings. The number of imidazole rings is 1. The molecule has 2 N–H and O–H groups in total. The summed E-state index contributed by atoms with van der Waals surface area (Å²) in [5.41, 5.74) is 6.15. The predicted octanol–water partition coefficient (Wildman–Crippen LogP) is 2.73. The largest absolute Gasteiger partial charge is 0.334 e. The summed E-state index contributed by atoms with van der Waals surface area (Å²) in [5, 5.41) is 0. The third-order valence-electron chi connectivity index (χ3n) is 3.66. The SMILES string of the molecule is CCn1ccnc1C(N)C1CCC(F)(F)CC1. The summed E-state index contributed by atoms with van der Waals surface area (Å²) in [6.45, 7) is 2.83. The molecular formula is C12H19F2N3. The van der Waals surface area contributed by atoms with Crippen LogP contribution in [0.1, 0.15) is 44.5 Å². The summed E-state index contributed by atoms with van der Waals surface area (Å²) in [4.78, 5) is 4.25. The van der Waals surface area contributed by atoms with Gasteiger partial charge in [-0.25, -0.2) is 13.8 Å². The molecule has 1 unspecified atom stereocenters. The van der Waals surface area contributed by atoms with Crippen molar-refractivity contribution in [2.45, 2.75) is 51.1 Å². The highest BCUT2D eigenvalue weighted by Gasteiger charge is 2.37. The summed E-state index contributed by atoms with van der Waals surface area (Å²) in [6.07, 6.45) is 4.49. The molecule has 1 aliphatic carbocycles. The van der Waals surface area contributed by atoms with Crippen LogP contribution in [0.3, 0.4) is 0 Å². The summed E-state index contributed by atoms with van der Waals surface area (Å²) in [6, 6.07) is -0.221. The highest BCUT2D eigenvalue weighted by Crippen LogP contribution is 2.40. The summed E-state index contributed by atoms with van der Waals surface area (Å²) < 4.78 is 28.1. The van der Waals surface area contributed by atoms with E-state index in [-0.39, 0.29) is 24.8 Å². The Labute approximate surface area is 100 Å². The fourth-order valence-corrected chi connectivity index (χ4v) is 2.52. The van der Waals surface area contributed by atoms with Gasteiger partial charge in [-0.05, 0) is 25.7 Å². The van der Waals surface area contributed by atoms with E-state index in [4.69, 9.17) is 5.73 Å². The molecule has 1 aromatic heterocycles. The van der Waals surface area contributed by atoms with Crippen molar-refractivity contribution < 1.29 is 8.78 Å². The fourth-order valence-electron chi connectivity index (χ4n) is 2.52. The van der Waals surface area contributed by atoms with Gasteiger partial charge < -0.3 is 10.3 Å². The number of nitrogens with two attached hydrogens (primary N) is 1. The van der Waals surface area contributed by atoms with E-state index in [2.05, 4.69) is 4.98 Å². The second kappa shape index (κ2) is 4.72. The van der Waals surface area contributed by atoms with E-state index in [1.54, 1.807) is 6.20 Å². The first-order chi connectivity index (χ1) is 8.03. The van der Waals surface area contributed by atoms with Gasteiger partial charge in [0.2, 0.25) is 5.92 Å². The minimum absolute atomic E-state index is 0.0435. The average molecular weight is 243 g/mol. The normalized spacial score (nSPS) is 22.6. The van der Waals surface area contributed by atoms with Crippen LogP contribution in [0.4, 0.5) is 8.78 Å². The highest BCUT2D eigenvalue weighted by molar-refractivity contribution is 5.01. The Morgan fingerprint density at radius 3 is 2.76 bits per heavy atom. The second-order valence-electron chi connectivity index (χ2n) is 4.79. The van der Waals surface area contributed by atoms with E-state index in [0.29, 0.717) is 12.8 Å². The topological polar surface area (TPSA) is 43.8 Å². The molecule has 0 bridgehead atoms. The zero-order valence-corrected chi connectivity index (χ0v) is 10.1. The molecule has 17 heavy (non-hydrogen) atoms. The molecule has 5 heteroatoms. The number of hydrogen-bond acceptors (Lipinski definition) is 2. The molecule has 2 rings (SSSR count). The zero-order chi connectivity index (χ0) is 12.5. The summed E-state index contributed by atoms with van der Waals surface area (Å²) >= 11 is 0. The molecule has 0 amide bonds. The Morgan fingerprint density at radius 1 is 1.53 bits per heavy atom. The summed E-state index contributed by atoms with van der Waals surface area (Å²) in [7, 11) is 0. The van der Waals surface area contributed by atoms with E-state index < -0.39 is 5.92 Å². The van der Waals surface area contributed by atoms with Crippen molar-refractivity contribution in [1.29, 1.82) is 0 Å². The van der Waals surface area contributed by atoms with Gasteiger partial charge in [0.25, 0.3) is 0 Å². The second-order valence-corrected chi connectivity index (χ2v) is 4.79. The first-order valence-electron chi connectivity index (χ1n) is 6.18. The third-order valence-corrected chi connectivity index (χ3v) is 3.66. The molecule has 1 fully saturated rings. The fraction of sp³-hybridized carbons (Fsp3) is 0.750. The monoisotopic (exact) mass is 243 g/mol. The number of hydrogen-bond donors (Lipinski definition) is 1. The Bertz CT molecular complexity index is 366. The van der Waals surface area contributed by atoms with Gasteiger partial charge in [-0.15, -0.1) is 0 Å². The number of aromatic nitrogens is 2. The molecule has 0 aliphatic heterocycles. The number of nitrogens with zero attached hydrogens (tertiary/aromatic N) is 2. The van der Waals surface area contributed by atoms with Crippen molar-refractivity contribution in [3.63, 3.8) is 0 Å². The van der Waals surface area contributed by atoms with Crippen LogP contribution in [0.2, 0.25) is 0 Å². The van der Waals surface area contributed by atoms with E-state index >= 15 is 0 Å². The molecular weight excluding hydrogens is 224 g/mol. The van der Waals surface area contributed by atoms with Gasteiger partial charge in [-0.2, -0.15) is 0 Å². The number of halogens is 2. The third kappa shape index (κ3) is 2.65. The first-order valence-corrected chi connectivity index (χ1v) is 6.18. The quantitative estimate of drug-likeness (QED) is 0.887. The lowest BCUT2D eigenvalue weighted by Crippen LogP contribution is -2.32. The summed E-state index contributed by atoms with van der Waals surface area (Å²) in [5.74, 6) is -1.54. The lowest BCUT2D eigenvalue weighted by Gasteiger charge is -2.31. The van der Waals surface area contributed by atoms with Crippen molar-refractivity contribution in [3.05, 3.63) is 18.2 Å². The van der Waals surface area contributed by atoms with Gasteiger partial charge in [-0.1, -0.05) is 0 Å². The molecule has 0 aromatic carbocycles. The molecule has 3 nitrogen and oxygen atoms in total. The van der Waals surface area contributed by atoms with Crippen LogP contribution >= 0.6 is 0 Å². The van der Waals surface area contributed by atoms with Gasteiger partial charge in [0.05, 0.1) is 6.04 Å². The zero-order valence-electron chi connectivity index (χ0n) is 10.1. The van der Waals surface area contributed by atoms with Gasteiger partial charge >= 0.3 is 0 Å². The van der Waals surface area contributed by atoms with E-state index in [9.17, 15) is 8.78 Å². The lowest BCUT2D eigenvalue weighted by atomic mass is 9.82. The molecule has 96 valence electrons. The number of alkyl halides is 2. The van der Waals surface area contributed by atoms with Crippen LogP contribution in [-0.2, 0) is 6.54 Å². The van der Waals surface area contributed by atoms with Crippen LogP contribution in [0.25, 0.3) is 0 Å².